The van der Waals surface area contributed by atoms with Crippen molar-refractivity contribution in [1.82, 2.24) is 10.6 Å². The maximum Gasteiger partial charge on any atom is 0.253 e. The second kappa shape index (κ2) is 13.3. The summed E-state index contributed by atoms with van der Waals surface area (Å²) < 4.78 is 5.83. The molecule has 0 fully saturated rings. The van der Waals surface area contributed by atoms with E-state index < -0.39 is 6.04 Å². The Balaban J connectivity index is 1.79. The number of ether oxygens (including phenoxy) is 1. The molecule has 0 bridgehead atoms. The summed E-state index contributed by atoms with van der Waals surface area (Å²) in [6.45, 7) is 3.03. The van der Waals surface area contributed by atoms with Crippen molar-refractivity contribution >= 4 is 35.2 Å². The molecule has 0 saturated heterocycles. The Morgan fingerprint density at radius 1 is 1.10 bits per heavy atom. The van der Waals surface area contributed by atoms with Gasteiger partial charge in [-0.2, -0.15) is 11.8 Å². The molecule has 2 rings (SSSR count). The fourth-order valence-corrected chi connectivity index (χ4v) is 3.57. The van der Waals surface area contributed by atoms with Crippen LogP contribution < -0.4 is 10.6 Å². The van der Waals surface area contributed by atoms with E-state index >= 15 is 0 Å². The Kier molecular flexibility index (Phi) is 10.8. The van der Waals surface area contributed by atoms with Gasteiger partial charge in [-0.25, -0.2) is 0 Å². The minimum Gasteiger partial charge on any atom is -0.374 e. The number of thioether (sulfide) groups is 1. The Bertz CT molecular complexity index is 804. The lowest BCUT2D eigenvalue weighted by Gasteiger charge is -2.19. The van der Waals surface area contributed by atoms with Crippen LogP contribution in [0.4, 0.5) is 0 Å². The Hall–Kier alpha value is -2.02. The van der Waals surface area contributed by atoms with Gasteiger partial charge in [-0.05, 0) is 49.5 Å². The van der Waals surface area contributed by atoms with Gasteiger partial charge in [0, 0.05) is 13.2 Å². The first-order valence-electron chi connectivity index (χ1n) is 10.0. The summed E-state index contributed by atoms with van der Waals surface area (Å²) in [4.78, 5) is 25.1. The van der Waals surface area contributed by atoms with Crippen molar-refractivity contribution in [2.75, 3.05) is 25.2 Å². The summed E-state index contributed by atoms with van der Waals surface area (Å²) >= 11 is 7.72. The number of carbonyl (C=O) groups excluding carboxylic acids is 2. The molecule has 30 heavy (non-hydrogen) atoms. The van der Waals surface area contributed by atoms with E-state index in [-0.39, 0.29) is 17.9 Å². The highest BCUT2D eigenvalue weighted by molar-refractivity contribution is 7.98. The molecule has 2 amide bonds. The van der Waals surface area contributed by atoms with Gasteiger partial charge in [0.05, 0.1) is 16.7 Å². The van der Waals surface area contributed by atoms with E-state index in [1.807, 2.05) is 43.5 Å². The molecule has 2 aromatic rings. The second-order valence-corrected chi connectivity index (χ2v) is 8.25. The maximum absolute atomic E-state index is 12.6. The zero-order chi connectivity index (χ0) is 21.8. The molecule has 2 atom stereocenters. The SMILES string of the molecule is CSCCC(NC(=O)c1ccccc1Cl)C(=O)NCCCOC(C)c1ccccc1. The Morgan fingerprint density at radius 3 is 2.50 bits per heavy atom. The average Bonchev–Trinajstić information content (AvgIpc) is 2.76. The molecule has 0 aliphatic rings. The highest BCUT2D eigenvalue weighted by atomic mass is 35.5. The Labute approximate surface area is 187 Å². The molecular formula is C23H29ClN2O3S. The van der Waals surface area contributed by atoms with Gasteiger partial charge in [0.15, 0.2) is 0 Å². The average molecular weight is 449 g/mol. The van der Waals surface area contributed by atoms with Crippen LogP contribution in [0, 0.1) is 0 Å². The third kappa shape index (κ3) is 8.01. The lowest BCUT2D eigenvalue weighted by atomic mass is 10.1. The number of hydrogen-bond acceptors (Lipinski definition) is 4. The molecule has 5 nitrogen and oxygen atoms in total. The molecule has 0 heterocycles. The molecular weight excluding hydrogens is 420 g/mol. The molecule has 0 aliphatic carbocycles. The molecule has 0 saturated carbocycles. The van der Waals surface area contributed by atoms with Crippen LogP contribution >= 0.6 is 23.4 Å². The molecule has 162 valence electrons. The number of amides is 2. The molecule has 0 aromatic heterocycles. The third-order valence-corrected chi connectivity index (χ3v) is 5.58. The van der Waals surface area contributed by atoms with Crippen LogP contribution in [-0.4, -0.2) is 43.0 Å². The van der Waals surface area contributed by atoms with Crippen LogP contribution in [0.5, 0.6) is 0 Å². The molecule has 2 N–H and O–H groups in total. The highest BCUT2D eigenvalue weighted by Gasteiger charge is 2.21. The molecule has 7 heteroatoms. The van der Waals surface area contributed by atoms with Crippen LogP contribution in [0.15, 0.2) is 54.6 Å². The number of carbonyl (C=O) groups is 2. The van der Waals surface area contributed by atoms with Gasteiger partial charge >= 0.3 is 0 Å². The number of nitrogens with one attached hydrogen (secondary N) is 2. The summed E-state index contributed by atoms with van der Waals surface area (Å²) in [5, 5.41) is 6.07. The monoisotopic (exact) mass is 448 g/mol. The van der Waals surface area contributed by atoms with E-state index in [0.29, 0.717) is 36.6 Å². The van der Waals surface area contributed by atoms with Crippen molar-refractivity contribution < 1.29 is 14.3 Å². The molecule has 0 spiro atoms. The quantitative estimate of drug-likeness (QED) is 0.470. The van der Waals surface area contributed by atoms with Gasteiger partial charge in [0.1, 0.15) is 6.04 Å². The first-order chi connectivity index (χ1) is 14.5. The largest absolute Gasteiger partial charge is 0.374 e. The predicted molar refractivity (Wildman–Crippen MR) is 124 cm³/mol. The maximum atomic E-state index is 12.6. The van der Waals surface area contributed by atoms with E-state index in [1.165, 1.54) is 0 Å². The molecule has 2 aromatic carbocycles. The van der Waals surface area contributed by atoms with Crippen molar-refractivity contribution in [1.29, 1.82) is 0 Å². The summed E-state index contributed by atoms with van der Waals surface area (Å²) in [6, 6.07) is 16.2. The smallest absolute Gasteiger partial charge is 0.253 e. The van der Waals surface area contributed by atoms with Crippen LogP contribution in [0.25, 0.3) is 0 Å². The van der Waals surface area contributed by atoms with Crippen molar-refractivity contribution in [3.8, 4) is 0 Å². The van der Waals surface area contributed by atoms with Gasteiger partial charge in [-0.1, -0.05) is 54.1 Å². The number of rotatable bonds is 12. The second-order valence-electron chi connectivity index (χ2n) is 6.86. The van der Waals surface area contributed by atoms with Crippen molar-refractivity contribution in [3.63, 3.8) is 0 Å². The van der Waals surface area contributed by atoms with Crippen molar-refractivity contribution in [2.24, 2.45) is 0 Å². The fraction of sp³-hybridized carbons (Fsp3) is 0.391. The van der Waals surface area contributed by atoms with Crippen LogP contribution in [0.2, 0.25) is 5.02 Å². The highest BCUT2D eigenvalue weighted by Crippen LogP contribution is 2.16. The van der Waals surface area contributed by atoms with Gasteiger partial charge < -0.3 is 15.4 Å². The minimum atomic E-state index is -0.606. The number of benzene rings is 2. The van der Waals surface area contributed by atoms with Gasteiger partial charge in [0.25, 0.3) is 5.91 Å². The topological polar surface area (TPSA) is 67.4 Å². The van der Waals surface area contributed by atoms with Gasteiger partial charge in [-0.15, -0.1) is 0 Å². The fourth-order valence-electron chi connectivity index (χ4n) is 2.87. The lowest BCUT2D eigenvalue weighted by molar-refractivity contribution is -0.123. The first-order valence-corrected chi connectivity index (χ1v) is 11.8. The van der Waals surface area contributed by atoms with Crippen LogP contribution in [0.1, 0.15) is 41.8 Å². The van der Waals surface area contributed by atoms with Crippen molar-refractivity contribution in [3.05, 3.63) is 70.7 Å². The predicted octanol–water partition coefficient (Wildman–Crippen LogP) is 4.48. The summed E-state index contributed by atoms with van der Waals surface area (Å²) in [5.41, 5.74) is 1.49. The standard InChI is InChI=1S/C23H29ClN2O3S/c1-17(18-9-4-3-5-10-18)29-15-8-14-25-23(28)21(13-16-30-2)26-22(27)19-11-6-7-12-20(19)24/h3-7,9-12,17,21H,8,13-16H2,1-2H3,(H,25,28)(H,26,27). The molecule has 0 radical (unpaired) electrons. The number of halogens is 1. The van der Waals surface area contributed by atoms with Gasteiger partial charge in [-0.3, -0.25) is 9.59 Å². The Morgan fingerprint density at radius 2 is 1.80 bits per heavy atom. The van der Waals surface area contributed by atoms with Gasteiger partial charge in [0.2, 0.25) is 5.91 Å². The van der Waals surface area contributed by atoms with Crippen LogP contribution in [0.3, 0.4) is 0 Å². The zero-order valence-electron chi connectivity index (χ0n) is 17.4. The molecule has 2 unspecified atom stereocenters. The number of hydrogen-bond donors (Lipinski definition) is 2. The normalized spacial score (nSPS) is 12.8. The van der Waals surface area contributed by atoms with Crippen LogP contribution in [-0.2, 0) is 9.53 Å². The summed E-state index contributed by atoms with van der Waals surface area (Å²) in [7, 11) is 0. The third-order valence-electron chi connectivity index (χ3n) is 4.61. The zero-order valence-corrected chi connectivity index (χ0v) is 19.0. The van der Waals surface area contributed by atoms with Crippen molar-refractivity contribution in [2.45, 2.75) is 31.9 Å². The minimum absolute atomic E-state index is 0.00568. The lowest BCUT2D eigenvalue weighted by Crippen LogP contribution is -2.47. The summed E-state index contributed by atoms with van der Waals surface area (Å²) in [5.74, 6) is 0.223. The van der Waals surface area contributed by atoms with E-state index in [9.17, 15) is 9.59 Å². The summed E-state index contributed by atoms with van der Waals surface area (Å²) in [6.07, 6.45) is 3.21. The molecule has 0 aliphatic heterocycles. The van der Waals surface area contributed by atoms with E-state index in [2.05, 4.69) is 10.6 Å². The van der Waals surface area contributed by atoms with E-state index in [4.69, 9.17) is 16.3 Å². The van der Waals surface area contributed by atoms with E-state index in [0.717, 1.165) is 11.3 Å². The first kappa shape index (κ1) is 24.3. The van der Waals surface area contributed by atoms with E-state index in [1.54, 1.807) is 36.0 Å².